The molecule has 4 N–H and O–H groups in total. The molecule has 0 radical (unpaired) electrons. The molecule has 0 spiro atoms. The molecule has 0 aromatic heterocycles. The lowest BCUT2D eigenvalue weighted by atomic mass is 9.84. The molecule has 0 saturated carbocycles. The van der Waals surface area contributed by atoms with Gasteiger partial charge in [-0.05, 0) is 17.7 Å². The molecule has 0 saturated heterocycles. The van der Waals surface area contributed by atoms with Gasteiger partial charge in [-0.25, -0.2) is 0 Å². The molecule has 1 aliphatic rings. The standard InChI is InChI=1S/C13H13F3N2/c14-13(15,16)11-8-12(17,18)7-6-10(11)9-4-2-1-3-5-9/h1-8,10H,17-18H2. The first-order valence-corrected chi connectivity index (χ1v) is 5.42. The third-order valence-corrected chi connectivity index (χ3v) is 2.80. The van der Waals surface area contributed by atoms with Crippen molar-refractivity contribution >= 4 is 0 Å². The van der Waals surface area contributed by atoms with Crippen LogP contribution >= 0.6 is 0 Å². The highest BCUT2D eigenvalue weighted by Crippen LogP contribution is 2.40. The number of hydrogen-bond donors (Lipinski definition) is 2. The molecule has 0 fully saturated rings. The summed E-state index contributed by atoms with van der Waals surface area (Å²) in [6, 6.07) is 8.44. The molecular formula is C13H13F3N2. The average Bonchev–Trinajstić information content (AvgIpc) is 2.28. The van der Waals surface area contributed by atoms with E-state index in [2.05, 4.69) is 0 Å². The van der Waals surface area contributed by atoms with E-state index >= 15 is 0 Å². The smallest absolute Gasteiger partial charge is 0.307 e. The van der Waals surface area contributed by atoms with E-state index in [9.17, 15) is 13.2 Å². The second kappa shape index (κ2) is 4.26. The van der Waals surface area contributed by atoms with Crippen LogP contribution in [0.15, 0.2) is 54.1 Å². The molecule has 0 amide bonds. The van der Waals surface area contributed by atoms with Crippen LogP contribution in [-0.2, 0) is 0 Å². The van der Waals surface area contributed by atoms with E-state index in [4.69, 9.17) is 11.5 Å². The van der Waals surface area contributed by atoms with Crippen LogP contribution in [-0.4, -0.2) is 11.8 Å². The lowest BCUT2D eigenvalue weighted by molar-refractivity contribution is -0.0953. The molecular weight excluding hydrogens is 241 g/mol. The van der Waals surface area contributed by atoms with Gasteiger partial charge in [-0.3, -0.25) is 0 Å². The maximum atomic E-state index is 13.0. The molecule has 0 aliphatic heterocycles. The first kappa shape index (κ1) is 12.9. The minimum Gasteiger partial charge on any atom is -0.307 e. The Morgan fingerprint density at radius 2 is 1.67 bits per heavy atom. The number of allylic oxidation sites excluding steroid dienone is 2. The number of benzene rings is 1. The van der Waals surface area contributed by atoms with Gasteiger partial charge in [0.05, 0.1) is 0 Å². The summed E-state index contributed by atoms with van der Waals surface area (Å²) in [4.78, 5) is 0. The van der Waals surface area contributed by atoms with Gasteiger partial charge in [0.25, 0.3) is 0 Å². The Morgan fingerprint density at radius 1 is 1.06 bits per heavy atom. The van der Waals surface area contributed by atoms with Crippen LogP contribution in [0.4, 0.5) is 13.2 Å². The number of nitrogens with two attached hydrogens (primary N) is 2. The largest absolute Gasteiger partial charge is 0.413 e. The lowest BCUT2D eigenvalue weighted by Gasteiger charge is -2.29. The zero-order valence-electron chi connectivity index (χ0n) is 9.48. The summed E-state index contributed by atoms with van der Waals surface area (Å²) in [5.41, 5.74) is 9.34. The predicted octanol–water partition coefficient (Wildman–Crippen LogP) is 2.44. The fourth-order valence-electron chi connectivity index (χ4n) is 1.98. The molecule has 2 rings (SSSR count). The number of hydrogen-bond acceptors (Lipinski definition) is 2. The molecule has 1 atom stereocenters. The highest BCUT2D eigenvalue weighted by Gasteiger charge is 2.41. The van der Waals surface area contributed by atoms with E-state index in [1.54, 1.807) is 30.3 Å². The van der Waals surface area contributed by atoms with Crippen LogP contribution in [0.3, 0.4) is 0 Å². The van der Waals surface area contributed by atoms with Crippen LogP contribution in [0.5, 0.6) is 0 Å². The fraction of sp³-hybridized carbons (Fsp3) is 0.231. The monoisotopic (exact) mass is 254 g/mol. The van der Waals surface area contributed by atoms with E-state index in [1.165, 1.54) is 12.2 Å². The highest BCUT2D eigenvalue weighted by atomic mass is 19.4. The lowest BCUT2D eigenvalue weighted by Crippen LogP contribution is -2.48. The molecule has 5 heteroatoms. The van der Waals surface area contributed by atoms with Gasteiger partial charge in [-0.2, -0.15) is 13.2 Å². The molecule has 18 heavy (non-hydrogen) atoms. The Balaban J connectivity index is 2.46. The summed E-state index contributed by atoms with van der Waals surface area (Å²) in [5.74, 6) is -0.855. The summed E-state index contributed by atoms with van der Waals surface area (Å²) in [7, 11) is 0. The van der Waals surface area contributed by atoms with Crippen molar-refractivity contribution in [3.05, 3.63) is 59.7 Å². The topological polar surface area (TPSA) is 52.0 Å². The van der Waals surface area contributed by atoms with Crippen LogP contribution in [0.25, 0.3) is 0 Å². The second-order valence-corrected chi connectivity index (χ2v) is 4.34. The van der Waals surface area contributed by atoms with Gasteiger partial charge in [0.2, 0.25) is 0 Å². The summed E-state index contributed by atoms with van der Waals surface area (Å²) < 4.78 is 39.0. The zero-order chi connectivity index (χ0) is 13.4. The molecule has 0 heterocycles. The van der Waals surface area contributed by atoms with Gasteiger partial charge in [-0.15, -0.1) is 0 Å². The van der Waals surface area contributed by atoms with Gasteiger partial charge in [0, 0.05) is 11.5 Å². The van der Waals surface area contributed by atoms with E-state index in [1.807, 2.05) is 0 Å². The number of alkyl halides is 3. The Kier molecular flexibility index (Phi) is 3.04. The van der Waals surface area contributed by atoms with Gasteiger partial charge in [0.1, 0.15) is 5.66 Å². The minimum absolute atomic E-state index is 0.563. The fourth-order valence-corrected chi connectivity index (χ4v) is 1.98. The molecule has 2 nitrogen and oxygen atoms in total. The van der Waals surface area contributed by atoms with E-state index < -0.39 is 23.3 Å². The third-order valence-electron chi connectivity index (χ3n) is 2.80. The molecule has 1 unspecified atom stereocenters. The van der Waals surface area contributed by atoms with Gasteiger partial charge >= 0.3 is 6.18 Å². The minimum atomic E-state index is -4.45. The zero-order valence-corrected chi connectivity index (χ0v) is 9.48. The van der Waals surface area contributed by atoms with Crippen LogP contribution in [0, 0.1) is 0 Å². The van der Waals surface area contributed by atoms with Crippen molar-refractivity contribution in [2.45, 2.75) is 17.8 Å². The Hall–Kier alpha value is -1.59. The maximum Gasteiger partial charge on any atom is 0.413 e. The highest BCUT2D eigenvalue weighted by molar-refractivity contribution is 5.42. The van der Waals surface area contributed by atoms with Gasteiger partial charge in [0.15, 0.2) is 0 Å². The van der Waals surface area contributed by atoms with Crippen molar-refractivity contribution in [2.75, 3.05) is 0 Å². The van der Waals surface area contributed by atoms with Crippen LogP contribution in [0.2, 0.25) is 0 Å². The Labute approximate surface area is 103 Å². The molecule has 1 aromatic rings. The van der Waals surface area contributed by atoms with E-state index in [0.717, 1.165) is 6.08 Å². The maximum absolute atomic E-state index is 13.0. The summed E-state index contributed by atoms with van der Waals surface area (Å²) >= 11 is 0. The normalized spacial score (nSPS) is 22.7. The van der Waals surface area contributed by atoms with Gasteiger partial charge in [-0.1, -0.05) is 36.4 Å². The van der Waals surface area contributed by atoms with E-state index in [-0.39, 0.29) is 0 Å². The van der Waals surface area contributed by atoms with Gasteiger partial charge < -0.3 is 11.5 Å². The second-order valence-electron chi connectivity index (χ2n) is 4.34. The first-order chi connectivity index (χ1) is 8.30. The number of rotatable bonds is 1. The molecule has 0 bridgehead atoms. The van der Waals surface area contributed by atoms with Crippen molar-refractivity contribution in [1.82, 2.24) is 0 Å². The molecule has 1 aromatic carbocycles. The summed E-state index contributed by atoms with van der Waals surface area (Å²) in [5, 5.41) is 0. The quantitative estimate of drug-likeness (QED) is 0.597. The third kappa shape index (κ3) is 2.63. The van der Waals surface area contributed by atoms with Crippen LogP contribution in [0.1, 0.15) is 11.5 Å². The predicted molar refractivity (Wildman–Crippen MR) is 63.6 cm³/mol. The molecule has 96 valence electrons. The number of halogens is 3. The molecule has 1 aliphatic carbocycles. The summed E-state index contributed by atoms with van der Waals surface area (Å²) in [6.07, 6.45) is -0.780. The van der Waals surface area contributed by atoms with E-state index in [0.29, 0.717) is 5.56 Å². The Morgan fingerprint density at radius 3 is 2.22 bits per heavy atom. The van der Waals surface area contributed by atoms with Crippen molar-refractivity contribution in [3.63, 3.8) is 0 Å². The first-order valence-electron chi connectivity index (χ1n) is 5.42. The SMILES string of the molecule is NC1(N)C=CC(c2ccccc2)C(C(F)(F)F)=C1. The van der Waals surface area contributed by atoms with Crippen molar-refractivity contribution in [1.29, 1.82) is 0 Å². The Bertz CT molecular complexity index is 487. The summed E-state index contributed by atoms with van der Waals surface area (Å²) in [6.45, 7) is 0. The van der Waals surface area contributed by atoms with Crippen molar-refractivity contribution in [3.8, 4) is 0 Å². The van der Waals surface area contributed by atoms with Crippen molar-refractivity contribution in [2.24, 2.45) is 11.5 Å². The van der Waals surface area contributed by atoms with Crippen LogP contribution < -0.4 is 11.5 Å². The average molecular weight is 254 g/mol. The van der Waals surface area contributed by atoms with Crippen molar-refractivity contribution < 1.29 is 13.2 Å².